The van der Waals surface area contributed by atoms with E-state index in [1.165, 1.54) is 33.4 Å². The van der Waals surface area contributed by atoms with Gasteiger partial charge in [-0.1, -0.05) is 208 Å². The molecule has 14 rings (SSSR count). The van der Waals surface area contributed by atoms with E-state index >= 15 is 0 Å². The van der Waals surface area contributed by atoms with E-state index in [-0.39, 0.29) is 5.41 Å². The van der Waals surface area contributed by atoms with Crippen molar-refractivity contribution in [2.24, 2.45) is 0 Å². The van der Waals surface area contributed by atoms with Crippen molar-refractivity contribution in [1.29, 1.82) is 0 Å². The molecule has 0 bridgehead atoms. The Bertz CT molecular complexity index is 3950. The summed E-state index contributed by atoms with van der Waals surface area (Å²) in [7, 11) is 0. The Kier molecular flexibility index (Phi) is 8.44. The topological polar surface area (TPSA) is 77.6 Å². The summed E-state index contributed by atoms with van der Waals surface area (Å²) in [6, 6.07) is 74.9. The molecular formula is C63H41N5O. The van der Waals surface area contributed by atoms with Gasteiger partial charge in [0.25, 0.3) is 0 Å². The molecule has 6 nitrogen and oxygen atoms in total. The molecule has 9 aromatic carbocycles. The fraction of sp³-hybridized carbons (Fsp3) is 0.0635. The number of benzene rings is 9. The standard InChI is InChI=1S/C63H41N5O/c1-62(2)48-29-12-14-31-50(48)63(51-32-15-13-30-49(51)62)47-36-35-41(60-64-55(43-27-17-24-38-19-9-10-25-42(38)43)57-56(65-60)44-26-11-16-34-53(44)69-57)37-46(47)54-45(28-18-33-52(54)63)61-67-58(39-20-5-3-6-21-39)66-59(68-61)40-22-7-4-8-23-40/h3-37H,1-2H3. The highest BCUT2D eigenvalue weighted by Gasteiger charge is 2.54. The molecular weight excluding hydrogens is 843 g/mol. The molecule has 3 heterocycles. The molecule has 2 aliphatic carbocycles. The first-order valence-corrected chi connectivity index (χ1v) is 23.5. The average molecular weight is 884 g/mol. The van der Waals surface area contributed by atoms with E-state index in [0.29, 0.717) is 28.9 Å². The van der Waals surface area contributed by atoms with Crippen LogP contribution in [0.3, 0.4) is 0 Å². The van der Waals surface area contributed by atoms with Gasteiger partial charge >= 0.3 is 0 Å². The van der Waals surface area contributed by atoms with Gasteiger partial charge in [-0.25, -0.2) is 24.9 Å². The zero-order valence-electron chi connectivity index (χ0n) is 37.9. The quantitative estimate of drug-likeness (QED) is 0.171. The minimum atomic E-state index is -0.668. The van der Waals surface area contributed by atoms with Gasteiger partial charge < -0.3 is 4.42 Å². The summed E-state index contributed by atoms with van der Waals surface area (Å²) in [6.45, 7) is 4.71. The second kappa shape index (κ2) is 14.8. The lowest BCUT2D eigenvalue weighted by molar-refractivity contribution is 0.563. The number of para-hydroxylation sites is 1. The summed E-state index contributed by atoms with van der Waals surface area (Å²) >= 11 is 0. The molecule has 324 valence electrons. The van der Waals surface area contributed by atoms with Gasteiger partial charge in [-0.3, -0.25) is 0 Å². The maximum absolute atomic E-state index is 6.66. The van der Waals surface area contributed by atoms with Gasteiger partial charge in [0.05, 0.1) is 5.41 Å². The Hall–Kier alpha value is -8.87. The highest BCUT2D eigenvalue weighted by molar-refractivity contribution is 6.10. The lowest BCUT2D eigenvalue weighted by atomic mass is 9.55. The number of nitrogens with zero attached hydrogens (tertiary/aromatic N) is 5. The predicted molar refractivity (Wildman–Crippen MR) is 277 cm³/mol. The van der Waals surface area contributed by atoms with Crippen LogP contribution in [0.15, 0.2) is 217 Å². The number of rotatable bonds is 5. The van der Waals surface area contributed by atoms with Gasteiger partial charge in [0.15, 0.2) is 28.9 Å². The minimum absolute atomic E-state index is 0.253. The summed E-state index contributed by atoms with van der Waals surface area (Å²) in [5.41, 5.74) is 16.4. The number of furan rings is 1. The third-order valence-corrected chi connectivity index (χ3v) is 14.6. The van der Waals surface area contributed by atoms with Crippen molar-refractivity contribution in [3.8, 4) is 67.9 Å². The summed E-state index contributed by atoms with van der Waals surface area (Å²) in [5, 5.41) is 3.17. The van der Waals surface area contributed by atoms with Crippen LogP contribution in [0.1, 0.15) is 47.2 Å². The van der Waals surface area contributed by atoms with E-state index < -0.39 is 5.41 Å². The van der Waals surface area contributed by atoms with Crippen molar-refractivity contribution >= 4 is 32.8 Å². The van der Waals surface area contributed by atoms with Gasteiger partial charge in [-0.2, -0.15) is 0 Å². The third kappa shape index (κ3) is 5.69. The zero-order valence-corrected chi connectivity index (χ0v) is 37.9. The number of aromatic nitrogens is 5. The minimum Gasteiger partial charge on any atom is -0.452 e. The second-order valence-corrected chi connectivity index (χ2v) is 18.7. The molecule has 0 unspecified atom stereocenters. The maximum atomic E-state index is 6.66. The van der Waals surface area contributed by atoms with Crippen LogP contribution < -0.4 is 0 Å². The van der Waals surface area contributed by atoms with Crippen LogP contribution >= 0.6 is 0 Å². The van der Waals surface area contributed by atoms with Crippen LogP contribution in [0.5, 0.6) is 0 Å². The van der Waals surface area contributed by atoms with E-state index in [4.69, 9.17) is 29.3 Å². The normalized spacial score (nSPS) is 13.9. The van der Waals surface area contributed by atoms with Gasteiger partial charge in [0.2, 0.25) is 0 Å². The maximum Gasteiger partial charge on any atom is 0.180 e. The smallest absolute Gasteiger partial charge is 0.180 e. The van der Waals surface area contributed by atoms with Crippen LogP contribution in [0.4, 0.5) is 0 Å². The first kappa shape index (κ1) is 39.3. The molecule has 1 spiro atoms. The van der Waals surface area contributed by atoms with Crippen molar-refractivity contribution in [3.05, 3.63) is 246 Å². The van der Waals surface area contributed by atoms with Crippen LogP contribution in [0.2, 0.25) is 0 Å². The average Bonchev–Trinajstić information content (AvgIpc) is 3.94. The molecule has 3 aromatic heterocycles. The lowest BCUT2D eigenvalue weighted by Gasteiger charge is -2.46. The fourth-order valence-corrected chi connectivity index (χ4v) is 11.5. The van der Waals surface area contributed by atoms with Crippen LogP contribution in [0, 0.1) is 0 Å². The Balaban J connectivity index is 1.08. The molecule has 2 aliphatic rings. The Morgan fingerprint density at radius 2 is 0.899 bits per heavy atom. The molecule has 0 fully saturated rings. The van der Waals surface area contributed by atoms with Gasteiger partial charge in [-0.15, -0.1) is 0 Å². The van der Waals surface area contributed by atoms with E-state index in [0.717, 1.165) is 71.9 Å². The van der Waals surface area contributed by atoms with Crippen molar-refractivity contribution < 1.29 is 4.42 Å². The molecule has 0 atom stereocenters. The third-order valence-electron chi connectivity index (χ3n) is 14.6. The zero-order chi connectivity index (χ0) is 45.8. The molecule has 69 heavy (non-hydrogen) atoms. The van der Waals surface area contributed by atoms with Crippen molar-refractivity contribution in [1.82, 2.24) is 24.9 Å². The molecule has 0 saturated carbocycles. The number of hydrogen-bond donors (Lipinski definition) is 0. The molecule has 12 aromatic rings. The van der Waals surface area contributed by atoms with E-state index in [2.05, 4.69) is 172 Å². The second-order valence-electron chi connectivity index (χ2n) is 18.7. The Morgan fingerprint density at radius 1 is 0.362 bits per heavy atom. The summed E-state index contributed by atoms with van der Waals surface area (Å²) in [4.78, 5) is 26.7. The highest BCUT2D eigenvalue weighted by Crippen LogP contribution is 2.63. The number of hydrogen-bond acceptors (Lipinski definition) is 6. The van der Waals surface area contributed by atoms with Crippen molar-refractivity contribution in [3.63, 3.8) is 0 Å². The van der Waals surface area contributed by atoms with Gasteiger partial charge in [-0.05, 0) is 73.5 Å². The largest absolute Gasteiger partial charge is 0.452 e. The van der Waals surface area contributed by atoms with Crippen LogP contribution in [0.25, 0.3) is 101 Å². The van der Waals surface area contributed by atoms with E-state index in [1.54, 1.807) is 0 Å². The molecule has 0 saturated heterocycles. The molecule has 0 N–H and O–H groups in total. The van der Waals surface area contributed by atoms with Crippen molar-refractivity contribution in [2.75, 3.05) is 0 Å². The molecule has 6 heteroatoms. The number of fused-ring (bicyclic) bond motifs is 13. The monoisotopic (exact) mass is 883 g/mol. The first-order valence-electron chi connectivity index (χ1n) is 23.5. The van der Waals surface area contributed by atoms with Gasteiger partial charge in [0.1, 0.15) is 16.8 Å². The predicted octanol–water partition coefficient (Wildman–Crippen LogP) is 15.1. The molecule has 0 amide bonds. The first-order chi connectivity index (χ1) is 34.0. The summed E-state index contributed by atoms with van der Waals surface area (Å²) in [6.07, 6.45) is 0. The van der Waals surface area contributed by atoms with Crippen LogP contribution in [-0.2, 0) is 10.8 Å². The lowest BCUT2D eigenvalue weighted by Crippen LogP contribution is -2.40. The Labute approximate surface area is 398 Å². The molecule has 0 radical (unpaired) electrons. The fourth-order valence-electron chi connectivity index (χ4n) is 11.5. The SMILES string of the molecule is CC1(C)c2ccccc2C2(c3ccc(-c4nc(-c5cccc6ccccc56)c5oc6ccccc6c5n4)cc3-c3c(-c4nc(-c5ccccc5)nc(-c5ccccc5)n4)cccc32)c2ccccc21. The highest BCUT2D eigenvalue weighted by atomic mass is 16.3. The Morgan fingerprint density at radius 3 is 1.61 bits per heavy atom. The van der Waals surface area contributed by atoms with E-state index in [9.17, 15) is 0 Å². The van der Waals surface area contributed by atoms with Crippen LogP contribution in [-0.4, -0.2) is 24.9 Å². The van der Waals surface area contributed by atoms with Crippen molar-refractivity contribution in [2.45, 2.75) is 24.7 Å². The summed E-state index contributed by atoms with van der Waals surface area (Å²) in [5.74, 6) is 2.45. The van der Waals surface area contributed by atoms with Gasteiger partial charge in [0, 0.05) is 38.6 Å². The van der Waals surface area contributed by atoms with E-state index in [1.807, 2.05) is 54.6 Å². The molecule has 0 aliphatic heterocycles. The summed E-state index contributed by atoms with van der Waals surface area (Å²) < 4.78 is 6.66.